The van der Waals surface area contributed by atoms with Crippen molar-refractivity contribution in [1.29, 1.82) is 0 Å². The Labute approximate surface area is 155 Å². The fourth-order valence-electron chi connectivity index (χ4n) is 3.42. The van der Waals surface area contributed by atoms with Gasteiger partial charge in [-0.1, -0.05) is 0 Å². The van der Waals surface area contributed by atoms with Crippen LogP contribution >= 0.6 is 0 Å². The Bertz CT molecular complexity index is 1050. The number of phenols is 1. The molecule has 1 fully saturated rings. The maximum Gasteiger partial charge on any atom is 0.261 e. The minimum atomic E-state index is -0.299. The monoisotopic (exact) mass is 365 g/mol. The topological polar surface area (TPSA) is 87.7 Å². The molecule has 2 aromatic carbocycles. The zero-order chi connectivity index (χ0) is 18.5. The highest BCUT2D eigenvalue weighted by Crippen LogP contribution is 2.37. The van der Waals surface area contributed by atoms with Crippen molar-refractivity contribution in [1.82, 2.24) is 10.2 Å². The number of nitrogens with zero attached hydrogens (tertiary/aromatic N) is 2. The van der Waals surface area contributed by atoms with Crippen molar-refractivity contribution in [2.24, 2.45) is 5.92 Å². The van der Waals surface area contributed by atoms with Gasteiger partial charge >= 0.3 is 0 Å². The Morgan fingerprint density at radius 3 is 2.89 bits per heavy atom. The molecular formula is C20H19N3O4. The number of rotatable bonds is 4. The summed E-state index contributed by atoms with van der Waals surface area (Å²) in [5, 5.41) is 18.6. The van der Waals surface area contributed by atoms with Crippen LogP contribution < -0.4 is 14.4 Å². The molecule has 0 atom stereocenters. The smallest absolute Gasteiger partial charge is 0.261 e. The second kappa shape index (κ2) is 5.90. The molecule has 2 N–H and O–H groups in total. The Morgan fingerprint density at radius 2 is 2.07 bits per heavy atom. The number of fused-ring (bicyclic) bond motifs is 2. The molecule has 7 heteroatoms. The Balaban J connectivity index is 1.49. The van der Waals surface area contributed by atoms with Gasteiger partial charge in [0, 0.05) is 30.3 Å². The first-order valence-electron chi connectivity index (χ1n) is 8.98. The van der Waals surface area contributed by atoms with Crippen molar-refractivity contribution in [3.8, 4) is 17.2 Å². The van der Waals surface area contributed by atoms with E-state index in [9.17, 15) is 9.90 Å². The van der Waals surface area contributed by atoms with Crippen LogP contribution in [0.25, 0.3) is 10.9 Å². The van der Waals surface area contributed by atoms with Gasteiger partial charge < -0.3 is 19.5 Å². The van der Waals surface area contributed by atoms with Crippen LogP contribution in [0.15, 0.2) is 30.3 Å². The van der Waals surface area contributed by atoms with Gasteiger partial charge in [0.2, 0.25) is 6.79 Å². The third kappa shape index (κ3) is 2.75. The molecule has 27 heavy (non-hydrogen) atoms. The number of ether oxygens (including phenoxy) is 2. The summed E-state index contributed by atoms with van der Waals surface area (Å²) >= 11 is 0. The molecule has 1 aliphatic carbocycles. The normalized spacial score (nSPS) is 15.3. The van der Waals surface area contributed by atoms with Crippen molar-refractivity contribution in [3.63, 3.8) is 0 Å². The lowest BCUT2D eigenvalue weighted by atomic mass is 10.1. The number of hydrogen-bond acceptors (Lipinski definition) is 5. The highest BCUT2D eigenvalue weighted by molar-refractivity contribution is 6.09. The zero-order valence-electron chi connectivity index (χ0n) is 14.9. The maximum absolute atomic E-state index is 13.0. The van der Waals surface area contributed by atoms with Crippen LogP contribution in [0.5, 0.6) is 17.2 Å². The van der Waals surface area contributed by atoms with E-state index >= 15 is 0 Å². The third-order valence-corrected chi connectivity index (χ3v) is 5.22. The summed E-state index contributed by atoms with van der Waals surface area (Å²) in [6, 6.07) is 8.62. The average molecular weight is 365 g/mol. The molecule has 0 spiro atoms. The summed E-state index contributed by atoms with van der Waals surface area (Å²) in [6.45, 7) is 0.179. The van der Waals surface area contributed by atoms with Crippen LogP contribution in [0, 0.1) is 5.92 Å². The van der Waals surface area contributed by atoms with Gasteiger partial charge in [0.1, 0.15) is 5.75 Å². The highest BCUT2D eigenvalue weighted by Gasteiger charge is 2.26. The predicted molar refractivity (Wildman–Crippen MR) is 99.5 cm³/mol. The first-order valence-corrected chi connectivity index (χ1v) is 8.98. The number of anilines is 1. The summed E-state index contributed by atoms with van der Waals surface area (Å²) in [4.78, 5) is 14.5. The number of amides is 1. The van der Waals surface area contributed by atoms with E-state index < -0.39 is 0 Å². The summed E-state index contributed by atoms with van der Waals surface area (Å²) in [7, 11) is 1.67. The molecule has 0 radical (unpaired) electrons. The molecule has 3 aromatic rings. The fraction of sp³-hybridized carbons (Fsp3) is 0.300. The van der Waals surface area contributed by atoms with E-state index in [1.165, 1.54) is 17.7 Å². The van der Waals surface area contributed by atoms with Crippen molar-refractivity contribution < 1.29 is 19.4 Å². The number of carbonyl (C=O) groups excluding carboxylic acids is 1. The number of nitrogens with one attached hydrogen (secondary N) is 1. The van der Waals surface area contributed by atoms with Gasteiger partial charge in [-0.05, 0) is 43.4 Å². The molecule has 1 saturated carbocycles. The second-order valence-electron chi connectivity index (χ2n) is 7.13. The molecule has 0 bridgehead atoms. The number of carbonyl (C=O) groups is 1. The molecule has 2 heterocycles. The van der Waals surface area contributed by atoms with Gasteiger partial charge in [0.05, 0.1) is 16.8 Å². The number of H-pyrrole nitrogens is 1. The average Bonchev–Trinajstić information content (AvgIpc) is 3.22. The fourth-order valence-corrected chi connectivity index (χ4v) is 3.42. The van der Waals surface area contributed by atoms with E-state index in [-0.39, 0.29) is 24.0 Å². The van der Waals surface area contributed by atoms with Gasteiger partial charge in [0.15, 0.2) is 11.5 Å². The van der Waals surface area contributed by atoms with E-state index in [2.05, 4.69) is 10.2 Å². The zero-order valence-corrected chi connectivity index (χ0v) is 14.9. The van der Waals surface area contributed by atoms with E-state index in [0.29, 0.717) is 23.1 Å². The molecular weight excluding hydrogens is 346 g/mol. The summed E-state index contributed by atoms with van der Waals surface area (Å²) in [6.07, 6.45) is 3.35. The standard InChI is InChI=1S/C20H19N3O4/c1-23(12-4-5-18-19(7-12)27-10-26-18)20(25)14-8-13-15(6-11-2-3-11)21-22-16(13)9-17(14)24/h4-5,7-9,11,24H,2-3,6,10H2,1H3,(H,21,22). The molecule has 138 valence electrons. The molecule has 2 aliphatic rings. The molecule has 1 amide bonds. The summed E-state index contributed by atoms with van der Waals surface area (Å²) in [5.74, 6) is 1.58. The summed E-state index contributed by atoms with van der Waals surface area (Å²) < 4.78 is 10.7. The third-order valence-electron chi connectivity index (χ3n) is 5.22. The number of aromatic amines is 1. The van der Waals surface area contributed by atoms with E-state index in [1.54, 1.807) is 37.4 Å². The Morgan fingerprint density at radius 1 is 1.26 bits per heavy atom. The number of aromatic nitrogens is 2. The Hall–Kier alpha value is -3.22. The highest BCUT2D eigenvalue weighted by atomic mass is 16.7. The minimum absolute atomic E-state index is 0.0679. The molecule has 5 rings (SSSR count). The number of aromatic hydroxyl groups is 1. The maximum atomic E-state index is 13.0. The number of benzene rings is 2. The quantitative estimate of drug-likeness (QED) is 0.741. The lowest BCUT2D eigenvalue weighted by Gasteiger charge is -2.18. The second-order valence-corrected chi connectivity index (χ2v) is 7.13. The van der Waals surface area contributed by atoms with Crippen LogP contribution in [-0.4, -0.2) is 35.1 Å². The van der Waals surface area contributed by atoms with Crippen LogP contribution in [-0.2, 0) is 6.42 Å². The summed E-state index contributed by atoms with van der Waals surface area (Å²) in [5.41, 5.74) is 2.60. The van der Waals surface area contributed by atoms with Crippen LogP contribution in [0.2, 0.25) is 0 Å². The molecule has 1 aromatic heterocycles. The van der Waals surface area contributed by atoms with E-state index in [4.69, 9.17) is 9.47 Å². The molecule has 0 unspecified atom stereocenters. The van der Waals surface area contributed by atoms with Crippen molar-refractivity contribution in [3.05, 3.63) is 41.6 Å². The van der Waals surface area contributed by atoms with Gasteiger partial charge in [-0.15, -0.1) is 0 Å². The van der Waals surface area contributed by atoms with Gasteiger partial charge in [-0.2, -0.15) is 5.10 Å². The van der Waals surface area contributed by atoms with E-state index in [1.807, 2.05) is 0 Å². The van der Waals surface area contributed by atoms with Crippen LogP contribution in [0.3, 0.4) is 0 Å². The van der Waals surface area contributed by atoms with E-state index in [0.717, 1.165) is 23.0 Å². The lowest BCUT2D eigenvalue weighted by molar-refractivity contribution is 0.0990. The number of phenolic OH excluding ortho intramolecular Hbond substituents is 1. The van der Waals surface area contributed by atoms with Crippen molar-refractivity contribution in [2.45, 2.75) is 19.3 Å². The molecule has 7 nitrogen and oxygen atoms in total. The van der Waals surface area contributed by atoms with Gasteiger partial charge in [-0.25, -0.2) is 0 Å². The Kier molecular flexibility index (Phi) is 3.50. The lowest BCUT2D eigenvalue weighted by Crippen LogP contribution is -2.26. The predicted octanol–water partition coefficient (Wildman–Crippen LogP) is 3.23. The van der Waals surface area contributed by atoms with Crippen molar-refractivity contribution in [2.75, 3.05) is 18.7 Å². The van der Waals surface area contributed by atoms with Crippen LogP contribution in [0.4, 0.5) is 5.69 Å². The minimum Gasteiger partial charge on any atom is -0.507 e. The SMILES string of the molecule is CN(C(=O)c1cc2c(CC3CC3)n[nH]c2cc1O)c1ccc2c(c1)OCO2. The van der Waals surface area contributed by atoms with Crippen LogP contribution in [0.1, 0.15) is 28.9 Å². The van der Waals surface area contributed by atoms with Gasteiger partial charge in [-0.3, -0.25) is 9.89 Å². The molecule has 0 saturated heterocycles. The molecule has 1 aliphatic heterocycles. The van der Waals surface area contributed by atoms with Gasteiger partial charge in [0.25, 0.3) is 5.91 Å². The number of hydrogen-bond donors (Lipinski definition) is 2. The first-order chi connectivity index (χ1) is 13.1. The largest absolute Gasteiger partial charge is 0.507 e. The first kappa shape index (κ1) is 16.0. The van der Waals surface area contributed by atoms with Crippen molar-refractivity contribution >= 4 is 22.5 Å².